The number of aromatic nitrogens is 3. The average molecular weight is 441 g/mol. The number of amides is 1. The third-order valence-electron chi connectivity index (χ3n) is 4.29. The number of nitrogens with zero attached hydrogens (tertiary/aromatic N) is 3. The molecule has 0 saturated carbocycles. The maximum Gasteiger partial charge on any atom is 0.234 e. The van der Waals surface area contributed by atoms with Crippen LogP contribution in [0.3, 0.4) is 0 Å². The summed E-state index contributed by atoms with van der Waals surface area (Å²) in [4.78, 5) is 13.6. The van der Waals surface area contributed by atoms with Gasteiger partial charge in [0.1, 0.15) is 17.3 Å². The molecule has 0 radical (unpaired) electrons. The van der Waals surface area contributed by atoms with Crippen molar-refractivity contribution in [1.29, 1.82) is 0 Å². The minimum absolute atomic E-state index is 0.124. The second kappa shape index (κ2) is 9.64. The van der Waals surface area contributed by atoms with Crippen molar-refractivity contribution in [2.45, 2.75) is 18.1 Å². The fourth-order valence-electron chi connectivity index (χ4n) is 2.87. The number of carbonyl (C=O) groups excluding carboxylic acids is 1. The number of nitrogens with one attached hydrogen (secondary N) is 1. The Morgan fingerprint density at radius 2 is 2.17 bits per heavy atom. The van der Waals surface area contributed by atoms with Crippen molar-refractivity contribution in [2.24, 2.45) is 0 Å². The molecular formula is C21H20N4O3S2. The van der Waals surface area contributed by atoms with Crippen LogP contribution >= 0.6 is 23.1 Å². The van der Waals surface area contributed by atoms with Crippen LogP contribution in [0.25, 0.3) is 0 Å². The first-order valence-electron chi connectivity index (χ1n) is 9.25. The van der Waals surface area contributed by atoms with Crippen molar-refractivity contribution in [2.75, 3.05) is 18.2 Å². The molecule has 3 aromatic heterocycles. The molecule has 4 rings (SSSR count). The Labute approximate surface area is 182 Å². The Morgan fingerprint density at radius 1 is 1.23 bits per heavy atom. The van der Waals surface area contributed by atoms with Gasteiger partial charge in [-0.15, -0.1) is 21.5 Å². The number of benzene rings is 1. The summed E-state index contributed by atoms with van der Waals surface area (Å²) in [6.07, 6.45) is 2.33. The molecule has 154 valence electrons. The van der Waals surface area contributed by atoms with E-state index in [1.807, 2.05) is 46.3 Å². The minimum Gasteiger partial charge on any atom is -0.497 e. The topological polar surface area (TPSA) is 82.2 Å². The summed E-state index contributed by atoms with van der Waals surface area (Å²) in [5.74, 6) is 2.43. The van der Waals surface area contributed by atoms with Gasteiger partial charge in [-0.05, 0) is 35.7 Å². The SMILES string of the molecule is COc1cccc(NC(=O)CSc2nnc(Cc3cccs3)n2Cc2ccco2)c1. The number of ether oxygens (including phenoxy) is 1. The lowest BCUT2D eigenvalue weighted by Crippen LogP contribution is -2.15. The van der Waals surface area contributed by atoms with Gasteiger partial charge in [0.25, 0.3) is 0 Å². The smallest absolute Gasteiger partial charge is 0.234 e. The van der Waals surface area contributed by atoms with E-state index in [4.69, 9.17) is 9.15 Å². The number of furan rings is 1. The van der Waals surface area contributed by atoms with Crippen LogP contribution in [0.5, 0.6) is 5.75 Å². The van der Waals surface area contributed by atoms with E-state index in [1.54, 1.807) is 30.8 Å². The molecule has 7 nitrogen and oxygen atoms in total. The van der Waals surface area contributed by atoms with E-state index < -0.39 is 0 Å². The summed E-state index contributed by atoms with van der Waals surface area (Å²) in [5, 5.41) is 14.3. The fraction of sp³-hybridized carbons (Fsp3) is 0.190. The maximum atomic E-state index is 12.4. The molecular weight excluding hydrogens is 420 g/mol. The van der Waals surface area contributed by atoms with Gasteiger partial charge in [0.05, 0.1) is 25.7 Å². The molecule has 0 unspecified atom stereocenters. The third-order valence-corrected chi connectivity index (χ3v) is 6.13. The molecule has 0 fully saturated rings. The molecule has 0 aliphatic heterocycles. The van der Waals surface area contributed by atoms with Crippen molar-refractivity contribution in [3.05, 3.63) is 76.6 Å². The zero-order valence-corrected chi connectivity index (χ0v) is 17.9. The number of hydrogen-bond acceptors (Lipinski definition) is 7. The van der Waals surface area contributed by atoms with Gasteiger partial charge in [-0.3, -0.25) is 9.36 Å². The fourth-order valence-corrected chi connectivity index (χ4v) is 4.33. The Kier molecular flexibility index (Phi) is 6.50. The van der Waals surface area contributed by atoms with Crippen molar-refractivity contribution < 1.29 is 13.9 Å². The van der Waals surface area contributed by atoms with Crippen LogP contribution in [-0.2, 0) is 17.8 Å². The third kappa shape index (κ3) is 5.11. The van der Waals surface area contributed by atoms with Crippen LogP contribution in [-0.4, -0.2) is 33.5 Å². The van der Waals surface area contributed by atoms with Crippen molar-refractivity contribution in [1.82, 2.24) is 14.8 Å². The lowest BCUT2D eigenvalue weighted by molar-refractivity contribution is -0.113. The predicted octanol–water partition coefficient (Wildman–Crippen LogP) is 4.31. The van der Waals surface area contributed by atoms with E-state index in [-0.39, 0.29) is 11.7 Å². The number of anilines is 1. The average Bonchev–Trinajstić information content (AvgIpc) is 3.52. The van der Waals surface area contributed by atoms with E-state index in [0.29, 0.717) is 29.6 Å². The first-order valence-corrected chi connectivity index (χ1v) is 11.1. The summed E-state index contributed by atoms with van der Waals surface area (Å²) in [5.41, 5.74) is 0.690. The second-order valence-corrected chi connectivity index (χ2v) is 8.36. The molecule has 1 amide bonds. The summed E-state index contributed by atoms with van der Waals surface area (Å²) in [6, 6.07) is 15.1. The van der Waals surface area contributed by atoms with E-state index in [9.17, 15) is 4.79 Å². The second-order valence-electron chi connectivity index (χ2n) is 6.39. The summed E-state index contributed by atoms with van der Waals surface area (Å²) in [6.45, 7) is 0.514. The molecule has 0 spiro atoms. The van der Waals surface area contributed by atoms with E-state index >= 15 is 0 Å². The summed E-state index contributed by atoms with van der Waals surface area (Å²) >= 11 is 3.03. The number of methoxy groups -OCH3 is 1. The molecule has 4 aromatic rings. The normalized spacial score (nSPS) is 10.8. The van der Waals surface area contributed by atoms with Crippen LogP contribution in [0, 0.1) is 0 Å². The quantitative estimate of drug-likeness (QED) is 0.391. The molecule has 3 heterocycles. The highest BCUT2D eigenvalue weighted by molar-refractivity contribution is 7.99. The van der Waals surface area contributed by atoms with Gasteiger partial charge in [-0.2, -0.15) is 0 Å². The molecule has 0 saturated heterocycles. The zero-order chi connectivity index (χ0) is 20.8. The Balaban J connectivity index is 1.45. The highest BCUT2D eigenvalue weighted by atomic mass is 32.2. The molecule has 0 aliphatic carbocycles. The molecule has 0 aliphatic rings. The van der Waals surface area contributed by atoms with Gasteiger partial charge in [0.2, 0.25) is 5.91 Å². The molecule has 30 heavy (non-hydrogen) atoms. The van der Waals surface area contributed by atoms with Gasteiger partial charge in [-0.25, -0.2) is 0 Å². The lowest BCUT2D eigenvalue weighted by atomic mass is 10.3. The molecule has 1 aromatic carbocycles. The Bertz CT molecular complexity index is 1090. The zero-order valence-electron chi connectivity index (χ0n) is 16.3. The van der Waals surface area contributed by atoms with Crippen LogP contribution in [0.1, 0.15) is 16.5 Å². The maximum absolute atomic E-state index is 12.4. The van der Waals surface area contributed by atoms with E-state index in [0.717, 1.165) is 11.6 Å². The highest BCUT2D eigenvalue weighted by Gasteiger charge is 2.16. The molecule has 0 bridgehead atoms. The van der Waals surface area contributed by atoms with Gasteiger partial charge in [-0.1, -0.05) is 23.9 Å². The standard InChI is InChI=1S/C21H20N4O3S2/c1-27-16-6-2-5-15(11-16)22-20(26)14-30-21-24-23-19(12-18-8-4-10-29-18)25(21)13-17-7-3-9-28-17/h2-11H,12-14H2,1H3,(H,22,26). The lowest BCUT2D eigenvalue weighted by Gasteiger charge is -2.09. The number of thiophene rings is 1. The minimum atomic E-state index is -0.124. The molecule has 9 heteroatoms. The van der Waals surface area contributed by atoms with Crippen molar-refractivity contribution in [3.8, 4) is 5.75 Å². The largest absolute Gasteiger partial charge is 0.497 e. The predicted molar refractivity (Wildman–Crippen MR) is 117 cm³/mol. The Hall–Kier alpha value is -3.04. The summed E-state index contributed by atoms with van der Waals surface area (Å²) < 4.78 is 12.7. The number of thioether (sulfide) groups is 1. The monoisotopic (exact) mass is 440 g/mol. The van der Waals surface area contributed by atoms with Crippen LogP contribution in [0.2, 0.25) is 0 Å². The highest BCUT2D eigenvalue weighted by Crippen LogP contribution is 2.23. The van der Waals surface area contributed by atoms with Gasteiger partial charge < -0.3 is 14.5 Å². The Morgan fingerprint density at radius 3 is 2.93 bits per heavy atom. The summed E-state index contributed by atoms with van der Waals surface area (Å²) in [7, 11) is 1.59. The van der Waals surface area contributed by atoms with Crippen LogP contribution in [0.4, 0.5) is 5.69 Å². The van der Waals surface area contributed by atoms with E-state index in [1.165, 1.54) is 16.6 Å². The number of rotatable bonds is 9. The van der Waals surface area contributed by atoms with Gasteiger partial charge >= 0.3 is 0 Å². The number of carbonyl (C=O) groups is 1. The van der Waals surface area contributed by atoms with Gasteiger partial charge in [0, 0.05) is 23.1 Å². The van der Waals surface area contributed by atoms with Crippen LogP contribution < -0.4 is 10.1 Å². The first kappa shape index (κ1) is 20.2. The van der Waals surface area contributed by atoms with Crippen molar-refractivity contribution >= 4 is 34.7 Å². The van der Waals surface area contributed by atoms with Crippen molar-refractivity contribution in [3.63, 3.8) is 0 Å². The van der Waals surface area contributed by atoms with E-state index in [2.05, 4.69) is 21.6 Å². The van der Waals surface area contributed by atoms with Gasteiger partial charge in [0.15, 0.2) is 5.16 Å². The molecule has 1 N–H and O–H groups in total. The molecule has 0 atom stereocenters. The first-order chi connectivity index (χ1) is 14.7. The number of hydrogen-bond donors (Lipinski definition) is 1. The van der Waals surface area contributed by atoms with Crippen LogP contribution in [0.15, 0.2) is 69.7 Å².